The molecule has 0 bridgehead atoms. The fourth-order valence-electron chi connectivity index (χ4n) is 2.97. The molecule has 0 amide bonds. The number of rotatable bonds is 4. The van der Waals surface area contributed by atoms with Gasteiger partial charge in [-0.2, -0.15) is 0 Å². The average molecular weight is 248 g/mol. The molecule has 0 aromatic heterocycles. The van der Waals surface area contributed by atoms with Gasteiger partial charge in [-0.3, -0.25) is 0 Å². The second-order valence-electron chi connectivity index (χ2n) is 5.27. The quantitative estimate of drug-likeness (QED) is 0.857. The zero-order valence-corrected chi connectivity index (χ0v) is 11.2. The maximum Gasteiger partial charge on any atom is 0.0721 e. The fraction of sp³-hybridized carbons (Fsp3) is 0.600. The van der Waals surface area contributed by atoms with Gasteiger partial charge in [0.2, 0.25) is 0 Å². The maximum atomic E-state index is 10.7. The minimum absolute atomic E-state index is 0.232. The van der Waals surface area contributed by atoms with E-state index < -0.39 is 5.60 Å². The first-order valence-electron chi connectivity index (χ1n) is 6.92. The molecule has 3 heteroatoms. The summed E-state index contributed by atoms with van der Waals surface area (Å²) in [4.78, 5) is 2.34. The first-order valence-corrected chi connectivity index (χ1v) is 6.92. The predicted octanol–water partition coefficient (Wildman–Crippen LogP) is 2.00. The van der Waals surface area contributed by atoms with Crippen LogP contribution in [0.15, 0.2) is 30.3 Å². The van der Waals surface area contributed by atoms with Gasteiger partial charge in [-0.15, -0.1) is 0 Å². The van der Waals surface area contributed by atoms with Gasteiger partial charge in [0.05, 0.1) is 5.60 Å². The molecule has 0 spiro atoms. The summed E-state index contributed by atoms with van der Waals surface area (Å²) in [7, 11) is 0. The molecule has 1 aromatic rings. The van der Waals surface area contributed by atoms with Gasteiger partial charge >= 0.3 is 0 Å². The van der Waals surface area contributed by atoms with Crippen molar-refractivity contribution in [1.29, 1.82) is 0 Å². The summed E-state index contributed by atoms with van der Waals surface area (Å²) in [6, 6.07) is 10.4. The van der Waals surface area contributed by atoms with Crippen molar-refractivity contribution in [3.05, 3.63) is 30.3 Å². The molecule has 1 aromatic carbocycles. The Bertz CT molecular complexity index is 354. The Labute approximate surface area is 110 Å². The molecule has 1 heterocycles. The summed E-state index contributed by atoms with van der Waals surface area (Å²) in [6.45, 7) is 4.52. The maximum absolute atomic E-state index is 10.7. The van der Waals surface area contributed by atoms with E-state index >= 15 is 0 Å². The molecule has 1 aliphatic rings. The third-order valence-electron chi connectivity index (χ3n) is 4.29. The van der Waals surface area contributed by atoms with E-state index in [-0.39, 0.29) is 5.92 Å². The van der Waals surface area contributed by atoms with Gasteiger partial charge in [-0.25, -0.2) is 0 Å². The van der Waals surface area contributed by atoms with Gasteiger partial charge in [-0.05, 0) is 43.9 Å². The molecule has 3 N–H and O–H groups in total. The smallest absolute Gasteiger partial charge is 0.0721 e. The molecule has 3 nitrogen and oxygen atoms in total. The molecule has 18 heavy (non-hydrogen) atoms. The summed E-state index contributed by atoms with van der Waals surface area (Å²) in [5.41, 5.74) is 6.46. The summed E-state index contributed by atoms with van der Waals surface area (Å²) < 4.78 is 0. The lowest BCUT2D eigenvalue weighted by Gasteiger charge is -2.43. The predicted molar refractivity (Wildman–Crippen MR) is 75.7 cm³/mol. The van der Waals surface area contributed by atoms with Crippen molar-refractivity contribution < 1.29 is 5.11 Å². The van der Waals surface area contributed by atoms with Crippen LogP contribution >= 0.6 is 0 Å². The number of aliphatic hydroxyl groups is 1. The van der Waals surface area contributed by atoms with Crippen LogP contribution in [0.5, 0.6) is 0 Å². The highest BCUT2D eigenvalue weighted by Gasteiger charge is 2.37. The second kappa shape index (κ2) is 5.72. The van der Waals surface area contributed by atoms with Gasteiger partial charge in [0, 0.05) is 18.8 Å². The Morgan fingerprint density at radius 2 is 1.89 bits per heavy atom. The van der Waals surface area contributed by atoms with Gasteiger partial charge in [0.1, 0.15) is 0 Å². The highest BCUT2D eigenvalue weighted by Crippen LogP contribution is 2.33. The standard InChI is InChI=1S/C15H24N2O/c1-2-13(12-16)15(18)8-10-17(11-9-15)14-6-4-3-5-7-14/h3-7,13,18H,2,8-12,16H2,1H3. The lowest BCUT2D eigenvalue weighted by Crippen LogP contribution is -2.50. The van der Waals surface area contributed by atoms with E-state index in [0.717, 1.165) is 32.4 Å². The molecule has 0 saturated carbocycles. The number of nitrogens with two attached hydrogens (primary N) is 1. The number of piperidine rings is 1. The number of para-hydroxylation sites is 1. The lowest BCUT2D eigenvalue weighted by atomic mass is 9.78. The minimum atomic E-state index is -0.561. The van der Waals surface area contributed by atoms with Crippen molar-refractivity contribution >= 4 is 5.69 Å². The Hall–Kier alpha value is -1.06. The first kappa shape index (κ1) is 13.4. The summed E-state index contributed by atoms with van der Waals surface area (Å²) in [5.74, 6) is 0.232. The van der Waals surface area contributed by atoms with E-state index in [2.05, 4.69) is 36.1 Å². The molecule has 0 radical (unpaired) electrons. The van der Waals surface area contributed by atoms with Gasteiger partial charge in [0.25, 0.3) is 0 Å². The van der Waals surface area contributed by atoms with Crippen LogP contribution in [0.25, 0.3) is 0 Å². The van der Waals surface area contributed by atoms with E-state index in [1.165, 1.54) is 5.69 Å². The number of hydrogen-bond acceptors (Lipinski definition) is 3. The molecular formula is C15H24N2O. The summed E-state index contributed by atoms with van der Waals surface area (Å²) in [6.07, 6.45) is 2.59. The largest absolute Gasteiger partial charge is 0.389 e. The fourth-order valence-corrected chi connectivity index (χ4v) is 2.97. The van der Waals surface area contributed by atoms with Crippen molar-refractivity contribution in [1.82, 2.24) is 0 Å². The Balaban J connectivity index is 1.99. The monoisotopic (exact) mass is 248 g/mol. The summed E-state index contributed by atoms with van der Waals surface area (Å²) in [5, 5.41) is 10.7. The Kier molecular flexibility index (Phi) is 4.25. The second-order valence-corrected chi connectivity index (χ2v) is 5.27. The molecular weight excluding hydrogens is 224 g/mol. The normalized spacial score (nSPS) is 20.7. The zero-order chi connectivity index (χ0) is 13.0. The van der Waals surface area contributed by atoms with Crippen molar-refractivity contribution in [3.63, 3.8) is 0 Å². The van der Waals surface area contributed by atoms with Gasteiger partial charge in [0.15, 0.2) is 0 Å². The van der Waals surface area contributed by atoms with E-state index in [1.54, 1.807) is 0 Å². The zero-order valence-electron chi connectivity index (χ0n) is 11.2. The molecule has 0 aliphatic carbocycles. The Morgan fingerprint density at radius 3 is 2.39 bits per heavy atom. The molecule has 2 rings (SSSR count). The highest BCUT2D eigenvalue weighted by molar-refractivity contribution is 5.46. The van der Waals surface area contributed by atoms with Crippen LogP contribution in [0.1, 0.15) is 26.2 Å². The van der Waals surface area contributed by atoms with Crippen LogP contribution in [0.3, 0.4) is 0 Å². The molecule has 1 aliphatic heterocycles. The summed E-state index contributed by atoms with van der Waals surface area (Å²) >= 11 is 0. The van der Waals surface area contributed by atoms with E-state index in [9.17, 15) is 5.11 Å². The van der Waals surface area contributed by atoms with Gasteiger partial charge < -0.3 is 15.7 Å². The van der Waals surface area contributed by atoms with Crippen LogP contribution in [-0.2, 0) is 0 Å². The third kappa shape index (κ3) is 2.68. The number of benzene rings is 1. The molecule has 1 atom stereocenters. The lowest BCUT2D eigenvalue weighted by molar-refractivity contribution is -0.0372. The van der Waals surface area contributed by atoms with E-state index in [0.29, 0.717) is 6.54 Å². The van der Waals surface area contributed by atoms with Crippen LogP contribution in [-0.4, -0.2) is 30.3 Å². The van der Waals surface area contributed by atoms with Crippen LogP contribution < -0.4 is 10.6 Å². The Morgan fingerprint density at radius 1 is 1.28 bits per heavy atom. The topological polar surface area (TPSA) is 49.5 Å². The van der Waals surface area contributed by atoms with Crippen molar-refractivity contribution in [2.75, 3.05) is 24.5 Å². The van der Waals surface area contributed by atoms with Crippen LogP contribution in [0, 0.1) is 5.92 Å². The molecule has 1 fully saturated rings. The number of anilines is 1. The number of nitrogens with zero attached hydrogens (tertiary/aromatic N) is 1. The molecule has 1 unspecified atom stereocenters. The first-order chi connectivity index (χ1) is 8.69. The van der Waals surface area contributed by atoms with Crippen LogP contribution in [0.2, 0.25) is 0 Å². The third-order valence-corrected chi connectivity index (χ3v) is 4.29. The van der Waals surface area contributed by atoms with Crippen molar-refractivity contribution in [2.24, 2.45) is 11.7 Å². The average Bonchev–Trinajstić information content (AvgIpc) is 2.42. The minimum Gasteiger partial charge on any atom is -0.389 e. The van der Waals surface area contributed by atoms with Crippen LogP contribution in [0.4, 0.5) is 5.69 Å². The number of hydrogen-bond donors (Lipinski definition) is 2. The molecule has 1 saturated heterocycles. The van der Waals surface area contributed by atoms with E-state index in [4.69, 9.17) is 5.73 Å². The highest BCUT2D eigenvalue weighted by atomic mass is 16.3. The van der Waals surface area contributed by atoms with Crippen molar-refractivity contribution in [2.45, 2.75) is 31.8 Å². The van der Waals surface area contributed by atoms with Gasteiger partial charge in [-0.1, -0.05) is 25.1 Å². The SMILES string of the molecule is CCC(CN)C1(O)CCN(c2ccccc2)CC1. The van der Waals surface area contributed by atoms with Crippen molar-refractivity contribution in [3.8, 4) is 0 Å². The van der Waals surface area contributed by atoms with E-state index in [1.807, 2.05) is 6.07 Å². The molecule has 100 valence electrons.